The van der Waals surface area contributed by atoms with Gasteiger partial charge in [0.2, 0.25) is 0 Å². The lowest BCUT2D eigenvalue weighted by Gasteiger charge is -2.06. The first-order valence-corrected chi connectivity index (χ1v) is 7.07. The summed E-state index contributed by atoms with van der Waals surface area (Å²) in [5, 5.41) is 1.52. The number of rotatable bonds is 1. The molecule has 1 aromatic heterocycles. The van der Waals surface area contributed by atoms with Gasteiger partial charge in [0.1, 0.15) is 5.82 Å². The highest BCUT2D eigenvalue weighted by Gasteiger charge is 2.10. The van der Waals surface area contributed by atoms with Gasteiger partial charge in [-0.1, -0.05) is 37.6 Å². The summed E-state index contributed by atoms with van der Waals surface area (Å²) in [4.78, 5) is 3.17. The van der Waals surface area contributed by atoms with Crippen LogP contribution < -0.4 is 0 Å². The van der Waals surface area contributed by atoms with E-state index >= 15 is 0 Å². The topological polar surface area (TPSA) is 15.8 Å². The van der Waals surface area contributed by atoms with Gasteiger partial charge in [0.25, 0.3) is 0 Å². The maximum atomic E-state index is 13.9. The molecule has 0 amide bonds. The van der Waals surface area contributed by atoms with Gasteiger partial charge in [-0.3, -0.25) is 0 Å². The molecule has 0 aliphatic carbocycles. The third-order valence-corrected chi connectivity index (χ3v) is 3.45. The van der Waals surface area contributed by atoms with E-state index in [0.29, 0.717) is 10.6 Å². The molecule has 3 rings (SSSR count). The SMILES string of the molecule is CC.Cc1c[nH]c2ccc(-c3c(F)cccc3Cl)cc12. The van der Waals surface area contributed by atoms with E-state index in [9.17, 15) is 4.39 Å². The third-order valence-electron chi connectivity index (χ3n) is 3.14. The predicted molar refractivity (Wildman–Crippen MR) is 84.8 cm³/mol. The minimum atomic E-state index is -0.296. The molecule has 0 unspecified atom stereocenters. The van der Waals surface area contributed by atoms with Crippen LogP contribution in [0.15, 0.2) is 42.6 Å². The number of benzene rings is 2. The van der Waals surface area contributed by atoms with Crippen LogP contribution in [0.25, 0.3) is 22.0 Å². The molecule has 0 saturated heterocycles. The molecule has 0 aliphatic heterocycles. The summed E-state index contributed by atoms with van der Waals surface area (Å²) in [5.74, 6) is -0.296. The number of aryl methyl sites for hydroxylation is 1. The Hall–Kier alpha value is -1.80. The van der Waals surface area contributed by atoms with Gasteiger partial charge >= 0.3 is 0 Å². The molecule has 1 N–H and O–H groups in total. The number of fused-ring (bicyclic) bond motifs is 1. The molecule has 0 aliphatic rings. The number of halogens is 2. The molecule has 0 fully saturated rings. The van der Waals surface area contributed by atoms with Crippen molar-refractivity contribution in [2.45, 2.75) is 20.8 Å². The van der Waals surface area contributed by atoms with Gasteiger partial charge in [-0.25, -0.2) is 4.39 Å². The van der Waals surface area contributed by atoms with Crippen LogP contribution in [0.5, 0.6) is 0 Å². The summed E-state index contributed by atoms with van der Waals surface area (Å²) in [6.07, 6.45) is 1.94. The van der Waals surface area contributed by atoms with Crippen molar-refractivity contribution in [3.8, 4) is 11.1 Å². The largest absolute Gasteiger partial charge is 0.361 e. The lowest BCUT2D eigenvalue weighted by Crippen LogP contribution is -1.85. The van der Waals surface area contributed by atoms with Crippen LogP contribution in [0.2, 0.25) is 5.02 Å². The first-order chi connectivity index (χ1) is 9.66. The Morgan fingerprint density at radius 3 is 2.55 bits per heavy atom. The Balaban J connectivity index is 0.000000704. The number of nitrogens with one attached hydrogen (secondary N) is 1. The number of aromatic nitrogens is 1. The normalized spacial score (nSPS) is 10.2. The molecule has 2 aromatic carbocycles. The fourth-order valence-corrected chi connectivity index (χ4v) is 2.46. The Morgan fingerprint density at radius 2 is 1.85 bits per heavy atom. The van der Waals surface area contributed by atoms with Crippen molar-refractivity contribution in [2.75, 3.05) is 0 Å². The van der Waals surface area contributed by atoms with Crippen LogP contribution in [0.4, 0.5) is 4.39 Å². The first kappa shape index (κ1) is 14.6. The molecule has 20 heavy (non-hydrogen) atoms. The van der Waals surface area contributed by atoms with Crippen molar-refractivity contribution in [3.63, 3.8) is 0 Å². The summed E-state index contributed by atoms with van der Waals surface area (Å²) in [5.41, 5.74) is 3.44. The van der Waals surface area contributed by atoms with E-state index in [-0.39, 0.29) is 5.82 Å². The average molecular weight is 290 g/mol. The number of hydrogen-bond acceptors (Lipinski definition) is 0. The van der Waals surface area contributed by atoms with E-state index in [1.165, 1.54) is 6.07 Å². The minimum Gasteiger partial charge on any atom is -0.361 e. The third kappa shape index (κ3) is 2.56. The average Bonchev–Trinajstić information content (AvgIpc) is 2.82. The molecule has 0 saturated carbocycles. The summed E-state index contributed by atoms with van der Waals surface area (Å²) in [6, 6.07) is 10.5. The van der Waals surface area contributed by atoms with Gasteiger partial charge < -0.3 is 4.98 Å². The fraction of sp³-hybridized carbons (Fsp3) is 0.176. The molecule has 1 heterocycles. The highest BCUT2D eigenvalue weighted by atomic mass is 35.5. The Kier molecular flexibility index (Phi) is 4.46. The van der Waals surface area contributed by atoms with Crippen LogP contribution in [0.3, 0.4) is 0 Å². The lowest BCUT2D eigenvalue weighted by molar-refractivity contribution is 0.631. The van der Waals surface area contributed by atoms with E-state index in [4.69, 9.17) is 11.6 Å². The molecule has 0 atom stereocenters. The molecule has 3 aromatic rings. The molecule has 0 bridgehead atoms. The highest BCUT2D eigenvalue weighted by molar-refractivity contribution is 6.33. The second kappa shape index (κ2) is 6.10. The molecule has 0 spiro atoms. The molecule has 0 radical (unpaired) electrons. The summed E-state index contributed by atoms with van der Waals surface area (Å²) in [7, 11) is 0. The summed E-state index contributed by atoms with van der Waals surface area (Å²) < 4.78 is 13.9. The van der Waals surface area contributed by atoms with Gasteiger partial charge in [-0.2, -0.15) is 0 Å². The van der Waals surface area contributed by atoms with E-state index in [1.807, 2.05) is 45.2 Å². The van der Waals surface area contributed by atoms with Gasteiger partial charge in [0, 0.05) is 22.7 Å². The Labute approximate surface area is 123 Å². The van der Waals surface area contributed by atoms with Crippen molar-refractivity contribution >= 4 is 22.5 Å². The van der Waals surface area contributed by atoms with Crippen LogP contribution >= 0.6 is 11.6 Å². The molecule has 104 valence electrons. The van der Waals surface area contributed by atoms with Gasteiger partial charge in [0.15, 0.2) is 0 Å². The molecule has 1 nitrogen and oxygen atoms in total. The quantitative estimate of drug-likeness (QED) is 0.569. The van der Waals surface area contributed by atoms with Gasteiger partial charge in [-0.15, -0.1) is 0 Å². The first-order valence-electron chi connectivity index (χ1n) is 6.69. The smallest absolute Gasteiger partial charge is 0.132 e. The highest BCUT2D eigenvalue weighted by Crippen LogP contribution is 2.32. The predicted octanol–water partition coefficient (Wildman–Crippen LogP) is 5.96. The monoisotopic (exact) mass is 289 g/mol. The van der Waals surface area contributed by atoms with Crippen molar-refractivity contribution < 1.29 is 4.39 Å². The molecular formula is C17H17ClFN. The summed E-state index contributed by atoms with van der Waals surface area (Å²) >= 11 is 6.08. The van der Waals surface area contributed by atoms with Crippen LogP contribution in [-0.4, -0.2) is 4.98 Å². The Bertz CT molecular complexity index is 711. The van der Waals surface area contributed by atoms with Crippen molar-refractivity contribution in [1.29, 1.82) is 0 Å². The zero-order valence-corrected chi connectivity index (χ0v) is 12.6. The molecule has 3 heteroatoms. The van der Waals surface area contributed by atoms with Crippen LogP contribution in [-0.2, 0) is 0 Å². The molecular weight excluding hydrogens is 273 g/mol. The fourth-order valence-electron chi connectivity index (χ4n) is 2.19. The summed E-state index contributed by atoms with van der Waals surface area (Å²) in [6.45, 7) is 6.02. The standard InChI is InChI=1S/C15H11ClFN.C2H6/c1-9-8-18-14-6-5-10(7-11(9)14)15-12(16)3-2-4-13(15)17;1-2/h2-8,18H,1H3;1-2H3. The van der Waals surface area contributed by atoms with Crippen LogP contribution in [0, 0.1) is 12.7 Å². The van der Waals surface area contributed by atoms with Crippen molar-refractivity contribution in [3.05, 3.63) is 59.0 Å². The lowest BCUT2D eigenvalue weighted by atomic mass is 10.0. The van der Waals surface area contributed by atoms with Gasteiger partial charge in [-0.05, 0) is 42.3 Å². The maximum Gasteiger partial charge on any atom is 0.132 e. The number of aromatic amines is 1. The second-order valence-corrected chi connectivity index (χ2v) is 4.74. The van der Waals surface area contributed by atoms with E-state index in [1.54, 1.807) is 12.1 Å². The zero-order valence-electron chi connectivity index (χ0n) is 11.8. The van der Waals surface area contributed by atoms with Crippen molar-refractivity contribution in [2.24, 2.45) is 0 Å². The van der Waals surface area contributed by atoms with E-state index in [0.717, 1.165) is 22.0 Å². The number of H-pyrrole nitrogens is 1. The van der Waals surface area contributed by atoms with Crippen LogP contribution in [0.1, 0.15) is 19.4 Å². The van der Waals surface area contributed by atoms with E-state index in [2.05, 4.69) is 4.98 Å². The minimum absolute atomic E-state index is 0.296. The van der Waals surface area contributed by atoms with Crippen molar-refractivity contribution in [1.82, 2.24) is 4.98 Å². The zero-order chi connectivity index (χ0) is 14.7. The van der Waals surface area contributed by atoms with E-state index < -0.39 is 0 Å². The second-order valence-electron chi connectivity index (χ2n) is 4.33. The Morgan fingerprint density at radius 1 is 1.10 bits per heavy atom. The number of hydrogen-bond donors (Lipinski definition) is 1. The maximum absolute atomic E-state index is 13.9. The van der Waals surface area contributed by atoms with Gasteiger partial charge in [0.05, 0.1) is 5.02 Å².